The molecule has 2 aliphatic rings. The normalized spacial score (nSPS) is 48.5. The Morgan fingerprint density at radius 3 is 2.83 bits per heavy atom. The molecule has 2 heteroatoms. The summed E-state index contributed by atoms with van der Waals surface area (Å²) in [6.07, 6.45) is 6.06. The van der Waals surface area contributed by atoms with Gasteiger partial charge in [-0.3, -0.25) is 0 Å². The number of aliphatic hydroxyl groups excluding tert-OH is 1. The average Bonchev–Trinajstić information content (AvgIpc) is 2.04. The van der Waals surface area contributed by atoms with Gasteiger partial charge in [-0.2, -0.15) is 0 Å². The molecule has 1 heterocycles. The molecule has 0 aromatic carbocycles. The quantitative estimate of drug-likeness (QED) is 0.572. The van der Waals surface area contributed by atoms with Crippen LogP contribution in [0.25, 0.3) is 0 Å². The Morgan fingerprint density at radius 2 is 2.00 bits per heavy atom. The minimum absolute atomic E-state index is 0.0356. The predicted octanol–water partition coefficient (Wildman–Crippen LogP) is 1.29. The van der Waals surface area contributed by atoms with Crippen molar-refractivity contribution in [3.8, 4) is 0 Å². The molecule has 2 rings (SSSR count). The standard InChI is InChI=1S/C10H19NO/c1-7-6-10(12)8-4-2-3-5-9(8)11-7/h7-12H,2-6H2,1H3/t7-,8+,9-,10+/m1/s1. The van der Waals surface area contributed by atoms with Crippen molar-refractivity contribution >= 4 is 0 Å². The van der Waals surface area contributed by atoms with Crippen LogP contribution in [0.3, 0.4) is 0 Å². The second-order valence-corrected chi connectivity index (χ2v) is 4.43. The summed E-state index contributed by atoms with van der Waals surface area (Å²) in [6, 6.07) is 1.12. The molecule has 1 saturated heterocycles. The molecule has 1 aliphatic heterocycles. The van der Waals surface area contributed by atoms with Crippen molar-refractivity contribution in [2.45, 2.75) is 57.2 Å². The first-order valence-corrected chi connectivity index (χ1v) is 5.21. The van der Waals surface area contributed by atoms with Gasteiger partial charge in [0.1, 0.15) is 0 Å². The van der Waals surface area contributed by atoms with Gasteiger partial charge in [0, 0.05) is 18.0 Å². The molecule has 70 valence electrons. The van der Waals surface area contributed by atoms with Crippen LogP contribution in [0.4, 0.5) is 0 Å². The molecule has 12 heavy (non-hydrogen) atoms. The minimum Gasteiger partial charge on any atom is -0.393 e. The highest BCUT2D eigenvalue weighted by Gasteiger charge is 2.35. The lowest BCUT2D eigenvalue weighted by Crippen LogP contribution is -2.53. The smallest absolute Gasteiger partial charge is 0.0598 e. The van der Waals surface area contributed by atoms with E-state index in [-0.39, 0.29) is 6.10 Å². The molecule has 2 nitrogen and oxygen atoms in total. The van der Waals surface area contributed by atoms with Gasteiger partial charge in [0.15, 0.2) is 0 Å². The van der Waals surface area contributed by atoms with Crippen LogP contribution in [0.5, 0.6) is 0 Å². The van der Waals surface area contributed by atoms with Gasteiger partial charge in [0.2, 0.25) is 0 Å². The number of hydrogen-bond donors (Lipinski definition) is 2. The first-order chi connectivity index (χ1) is 5.77. The lowest BCUT2D eigenvalue weighted by atomic mass is 9.76. The molecule has 0 bridgehead atoms. The van der Waals surface area contributed by atoms with E-state index in [1.807, 2.05) is 0 Å². The molecule has 0 amide bonds. The fraction of sp³-hybridized carbons (Fsp3) is 1.00. The Bertz CT molecular complexity index is 160. The number of rotatable bonds is 0. The molecule has 0 aromatic rings. The van der Waals surface area contributed by atoms with Crippen molar-refractivity contribution in [1.82, 2.24) is 5.32 Å². The number of fused-ring (bicyclic) bond motifs is 1. The van der Waals surface area contributed by atoms with Crippen LogP contribution in [0.1, 0.15) is 39.0 Å². The molecule has 1 aliphatic carbocycles. The van der Waals surface area contributed by atoms with Crippen molar-refractivity contribution in [1.29, 1.82) is 0 Å². The summed E-state index contributed by atoms with van der Waals surface area (Å²) in [5.41, 5.74) is 0. The topological polar surface area (TPSA) is 32.3 Å². The SMILES string of the molecule is C[C@@H]1C[C@H](O)[C@H]2CCCC[C@H]2N1. The van der Waals surface area contributed by atoms with Gasteiger partial charge in [-0.05, 0) is 26.2 Å². The summed E-state index contributed by atoms with van der Waals surface area (Å²) in [7, 11) is 0. The average molecular weight is 169 g/mol. The Hall–Kier alpha value is -0.0800. The molecule has 0 spiro atoms. The highest BCUT2D eigenvalue weighted by Crippen LogP contribution is 2.32. The van der Waals surface area contributed by atoms with E-state index in [0.29, 0.717) is 18.0 Å². The van der Waals surface area contributed by atoms with Crippen LogP contribution in [0, 0.1) is 5.92 Å². The lowest BCUT2D eigenvalue weighted by molar-refractivity contribution is 0.0163. The van der Waals surface area contributed by atoms with Crippen LogP contribution >= 0.6 is 0 Å². The van der Waals surface area contributed by atoms with Gasteiger partial charge in [-0.15, -0.1) is 0 Å². The highest BCUT2D eigenvalue weighted by atomic mass is 16.3. The van der Waals surface area contributed by atoms with Gasteiger partial charge >= 0.3 is 0 Å². The molecule has 0 unspecified atom stereocenters. The van der Waals surface area contributed by atoms with Crippen molar-refractivity contribution in [3.05, 3.63) is 0 Å². The molecule has 0 radical (unpaired) electrons. The molecule has 2 fully saturated rings. The van der Waals surface area contributed by atoms with Crippen LogP contribution in [0.15, 0.2) is 0 Å². The third-order valence-corrected chi connectivity index (χ3v) is 3.41. The first kappa shape index (κ1) is 8.52. The number of hydrogen-bond acceptors (Lipinski definition) is 2. The van der Waals surface area contributed by atoms with E-state index in [1.54, 1.807) is 0 Å². The summed E-state index contributed by atoms with van der Waals surface area (Å²) in [5, 5.41) is 13.4. The van der Waals surface area contributed by atoms with Gasteiger partial charge in [-0.25, -0.2) is 0 Å². The third-order valence-electron chi connectivity index (χ3n) is 3.41. The minimum atomic E-state index is -0.0356. The molecule has 4 atom stereocenters. The molecular formula is C10H19NO. The Labute approximate surface area is 74.4 Å². The Kier molecular flexibility index (Phi) is 2.37. The van der Waals surface area contributed by atoms with Crippen molar-refractivity contribution in [2.24, 2.45) is 5.92 Å². The van der Waals surface area contributed by atoms with E-state index in [4.69, 9.17) is 0 Å². The largest absolute Gasteiger partial charge is 0.393 e. The maximum atomic E-state index is 9.83. The van der Waals surface area contributed by atoms with E-state index in [1.165, 1.54) is 25.7 Å². The van der Waals surface area contributed by atoms with Gasteiger partial charge in [0.05, 0.1) is 6.10 Å². The number of nitrogens with one attached hydrogen (secondary N) is 1. The summed E-state index contributed by atoms with van der Waals surface area (Å²) in [6.45, 7) is 2.17. The summed E-state index contributed by atoms with van der Waals surface area (Å²) in [5.74, 6) is 0.551. The van der Waals surface area contributed by atoms with Crippen molar-refractivity contribution in [3.63, 3.8) is 0 Å². The molecule has 1 saturated carbocycles. The lowest BCUT2D eigenvalue weighted by Gasteiger charge is -2.42. The van der Waals surface area contributed by atoms with E-state index in [0.717, 1.165) is 6.42 Å². The summed E-state index contributed by atoms with van der Waals surface area (Å²) >= 11 is 0. The molecule has 0 aromatic heterocycles. The monoisotopic (exact) mass is 169 g/mol. The Balaban J connectivity index is 2.01. The fourth-order valence-corrected chi connectivity index (χ4v) is 2.80. The maximum absolute atomic E-state index is 9.83. The van der Waals surface area contributed by atoms with Gasteiger partial charge < -0.3 is 10.4 Å². The second-order valence-electron chi connectivity index (χ2n) is 4.43. The highest BCUT2D eigenvalue weighted by molar-refractivity contribution is 4.92. The Morgan fingerprint density at radius 1 is 1.25 bits per heavy atom. The van der Waals surface area contributed by atoms with Crippen LogP contribution in [0.2, 0.25) is 0 Å². The zero-order chi connectivity index (χ0) is 8.55. The first-order valence-electron chi connectivity index (χ1n) is 5.21. The summed E-state index contributed by atoms with van der Waals surface area (Å²) < 4.78 is 0. The molecular weight excluding hydrogens is 150 g/mol. The zero-order valence-corrected chi connectivity index (χ0v) is 7.79. The van der Waals surface area contributed by atoms with Crippen LogP contribution in [-0.2, 0) is 0 Å². The van der Waals surface area contributed by atoms with Crippen molar-refractivity contribution in [2.75, 3.05) is 0 Å². The fourth-order valence-electron chi connectivity index (χ4n) is 2.80. The number of piperidine rings is 1. The van der Waals surface area contributed by atoms with E-state index < -0.39 is 0 Å². The summed E-state index contributed by atoms with van der Waals surface area (Å²) in [4.78, 5) is 0. The van der Waals surface area contributed by atoms with E-state index in [2.05, 4.69) is 12.2 Å². The van der Waals surface area contributed by atoms with Gasteiger partial charge in [0.25, 0.3) is 0 Å². The van der Waals surface area contributed by atoms with Gasteiger partial charge in [-0.1, -0.05) is 12.8 Å². The third kappa shape index (κ3) is 1.50. The van der Waals surface area contributed by atoms with Crippen LogP contribution in [-0.4, -0.2) is 23.3 Å². The zero-order valence-electron chi connectivity index (χ0n) is 7.79. The second kappa shape index (κ2) is 3.35. The maximum Gasteiger partial charge on any atom is 0.0598 e. The van der Waals surface area contributed by atoms with E-state index >= 15 is 0 Å². The number of aliphatic hydroxyl groups is 1. The van der Waals surface area contributed by atoms with Crippen LogP contribution < -0.4 is 5.32 Å². The van der Waals surface area contributed by atoms with E-state index in [9.17, 15) is 5.11 Å². The predicted molar refractivity (Wildman–Crippen MR) is 49.0 cm³/mol. The van der Waals surface area contributed by atoms with Crippen molar-refractivity contribution < 1.29 is 5.11 Å². The molecule has 2 N–H and O–H groups in total.